The highest BCUT2D eigenvalue weighted by Crippen LogP contribution is 2.19. The second kappa shape index (κ2) is 13.8. The van der Waals surface area contributed by atoms with Crippen molar-refractivity contribution in [2.24, 2.45) is 10.9 Å². The summed E-state index contributed by atoms with van der Waals surface area (Å²) in [5, 5.41) is 9.39. The number of amides is 1. The SMILES string of the molecule is CCNC(=NCCC1CCN(C)CC1)NCCc1cccc(C(=O)NC)c1.I. The van der Waals surface area contributed by atoms with E-state index in [1.807, 2.05) is 18.2 Å². The first-order valence-corrected chi connectivity index (χ1v) is 10.1. The van der Waals surface area contributed by atoms with Gasteiger partial charge in [0, 0.05) is 32.2 Å². The topological polar surface area (TPSA) is 68.8 Å². The lowest BCUT2D eigenvalue weighted by Gasteiger charge is -2.28. The molecule has 0 spiro atoms. The number of nitrogens with one attached hydrogen (secondary N) is 3. The summed E-state index contributed by atoms with van der Waals surface area (Å²) in [6.07, 6.45) is 4.60. The van der Waals surface area contributed by atoms with Crippen LogP contribution in [0.1, 0.15) is 42.1 Å². The Morgan fingerprint density at radius 3 is 2.68 bits per heavy atom. The van der Waals surface area contributed by atoms with Crippen molar-refractivity contribution in [1.29, 1.82) is 0 Å². The van der Waals surface area contributed by atoms with Gasteiger partial charge in [-0.2, -0.15) is 0 Å². The van der Waals surface area contributed by atoms with Crippen LogP contribution in [0.2, 0.25) is 0 Å². The van der Waals surface area contributed by atoms with E-state index in [0.29, 0.717) is 5.56 Å². The largest absolute Gasteiger partial charge is 0.357 e. The van der Waals surface area contributed by atoms with Crippen LogP contribution in [-0.4, -0.2) is 63.6 Å². The van der Waals surface area contributed by atoms with Gasteiger partial charge in [-0.05, 0) is 76.4 Å². The number of nitrogens with zero attached hydrogens (tertiary/aromatic N) is 2. The maximum absolute atomic E-state index is 11.7. The van der Waals surface area contributed by atoms with Crippen molar-refractivity contribution in [1.82, 2.24) is 20.9 Å². The summed E-state index contributed by atoms with van der Waals surface area (Å²) >= 11 is 0. The number of hydrogen-bond donors (Lipinski definition) is 3. The van der Waals surface area contributed by atoms with E-state index in [2.05, 4.69) is 40.9 Å². The quantitative estimate of drug-likeness (QED) is 0.291. The first kappa shape index (κ1) is 24.7. The van der Waals surface area contributed by atoms with E-state index in [1.165, 1.54) is 32.4 Å². The number of guanidine groups is 1. The number of rotatable bonds is 8. The summed E-state index contributed by atoms with van der Waals surface area (Å²) in [7, 11) is 3.85. The summed E-state index contributed by atoms with van der Waals surface area (Å²) in [5.74, 6) is 1.64. The van der Waals surface area contributed by atoms with Crippen LogP contribution in [-0.2, 0) is 6.42 Å². The predicted octanol–water partition coefficient (Wildman–Crippen LogP) is 2.49. The summed E-state index contributed by atoms with van der Waals surface area (Å²) in [5.41, 5.74) is 1.85. The fourth-order valence-electron chi connectivity index (χ4n) is 3.39. The predicted molar refractivity (Wildman–Crippen MR) is 128 cm³/mol. The molecule has 0 aromatic heterocycles. The van der Waals surface area contributed by atoms with Crippen molar-refractivity contribution >= 4 is 35.8 Å². The van der Waals surface area contributed by atoms with Crippen molar-refractivity contribution in [2.75, 3.05) is 46.8 Å². The normalized spacial score (nSPS) is 15.6. The third kappa shape index (κ3) is 8.77. The molecule has 1 amide bonds. The minimum Gasteiger partial charge on any atom is -0.357 e. The van der Waals surface area contributed by atoms with E-state index in [0.717, 1.165) is 43.5 Å². The van der Waals surface area contributed by atoms with Gasteiger partial charge in [-0.1, -0.05) is 12.1 Å². The summed E-state index contributed by atoms with van der Waals surface area (Å²) < 4.78 is 0. The molecule has 0 aliphatic carbocycles. The number of carbonyl (C=O) groups excluding carboxylic acids is 1. The van der Waals surface area contributed by atoms with Gasteiger partial charge in [-0.25, -0.2) is 0 Å². The van der Waals surface area contributed by atoms with Crippen LogP contribution in [0.15, 0.2) is 29.3 Å². The van der Waals surface area contributed by atoms with Crippen LogP contribution < -0.4 is 16.0 Å². The highest BCUT2D eigenvalue weighted by Gasteiger charge is 2.15. The maximum Gasteiger partial charge on any atom is 0.251 e. The Balaban J connectivity index is 0.00000392. The Morgan fingerprint density at radius 1 is 1.25 bits per heavy atom. The molecule has 0 unspecified atom stereocenters. The molecule has 1 aromatic carbocycles. The van der Waals surface area contributed by atoms with Gasteiger partial charge in [0.1, 0.15) is 0 Å². The van der Waals surface area contributed by atoms with Crippen LogP contribution in [0.3, 0.4) is 0 Å². The van der Waals surface area contributed by atoms with Gasteiger partial charge in [-0.3, -0.25) is 9.79 Å². The van der Waals surface area contributed by atoms with E-state index >= 15 is 0 Å². The van der Waals surface area contributed by atoms with Gasteiger partial charge >= 0.3 is 0 Å². The third-order valence-electron chi connectivity index (χ3n) is 5.11. The molecule has 2 rings (SSSR count). The molecule has 3 N–H and O–H groups in total. The number of aliphatic imine (C=N–C) groups is 1. The van der Waals surface area contributed by atoms with Gasteiger partial charge in [0.15, 0.2) is 5.96 Å². The van der Waals surface area contributed by atoms with Crippen LogP contribution in [0.5, 0.6) is 0 Å². The fraction of sp³-hybridized carbons (Fsp3) is 0.619. The summed E-state index contributed by atoms with van der Waals surface area (Å²) in [6, 6.07) is 7.77. The molecular formula is C21H36IN5O. The van der Waals surface area contributed by atoms with Crippen molar-refractivity contribution in [3.05, 3.63) is 35.4 Å². The monoisotopic (exact) mass is 501 g/mol. The van der Waals surface area contributed by atoms with Gasteiger partial charge in [-0.15, -0.1) is 24.0 Å². The van der Waals surface area contributed by atoms with Crippen LogP contribution in [0.25, 0.3) is 0 Å². The molecule has 0 atom stereocenters. The number of likely N-dealkylation sites (tertiary alicyclic amines) is 1. The molecule has 1 aromatic rings. The lowest BCUT2D eigenvalue weighted by atomic mass is 9.94. The van der Waals surface area contributed by atoms with E-state index in [4.69, 9.17) is 4.99 Å². The highest BCUT2D eigenvalue weighted by molar-refractivity contribution is 14.0. The molecule has 1 aliphatic heterocycles. The van der Waals surface area contributed by atoms with Crippen molar-refractivity contribution in [3.8, 4) is 0 Å². The van der Waals surface area contributed by atoms with E-state index in [1.54, 1.807) is 7.05 Å². The molecule has 0 bridgehead atoms. The lowest BCUT2D eigenvalue weighted by Crippen LogP contribution is -2.38. The first-order valence-electron chi connectivity index (χ1n) is 10.1. The van der Waals surface area contributed by atoms with Gasteiger partial charge in [0.2, 0.25) is 0 Å². The summed E-state index contributed by atoms with van der Waals surface area (Å²) in [4.78, 5) is 18.9. The number of halogens is 1. The average Bonchev–Trinajstić information content (AvgIpc) is 2.69. The summed E-state index contributed by atoms with van der Waals surface area (Å²) in [6.45, 7) is 7.02. The van der Waals surface area contributed by atoms with E-state index in [9.17, 15) is 4.79 Å². The molecule has 6 nitrogen and oxygen atoms in total. The molecule has 1 saturated heterocycles. The van der Waals surface area contributed by atoms with Crippen LogP contribution in [0, 0.1) is 5.92 Å². The number of benzene rings is 1. The third-order valence-corrected chi connectivity index (χ3v) is 5.11. The Kier molecular flexibility index (Phi) is 12.1. The number of carbonyl (C=O) groups is 1. The molecule has 0 radical (unpaired) electrons. The number of piperidine rings is 1. The molecule has 1 fully saturated rings. The smallest absolute Gasteiger partial charge is 0.251 e. The molecule has 1 aliphatic rings. The van der Waals surface area contributed by atoms with E-state index < -0.39 is 0 Å². The Labute approximate surface area is 187 Å². The van der Waals surface area contributed by atoms with Crippen LogP contribution in [0.4, 0.5) is 0 Å². The molecule has 158 valence electrons. The van der Waals surface area contributed by atoms with Gasteiger partial charge < -0.3 is 20.9 Å². The number of hydrogen-bond acceptors (Lipinski definition) is 3. The Morgan fingerprint density at radius 2 is 2.00 bits per heavy atom. The molecule has 1 heterocycles. The average molecular weight is 501 g/mol. The van der Waals surface area contributed by atoms with Crippen LogP contribution >= 0.6 is 24.0 Å². The van der Waals surface area contributed by atoms with Gasteiger partial charge in [0.25, 0.3) is 5.91 Å². The highest BCUT2D eigenvalue weighted by atomic mass is 127. The van der Waals surface area contributed by atoms with Gasteiger partial charge in [0.05, 0.1) is 0 Å². The fourth-order valence-corrected chi connectivity index (χ4v) is 3.39. The minimum atomic E-state index is -0.0476. The van der Waals surface area contributed by atoms with Crippen molar-refractivity contribution in [2.45, 2.75) is 32.6 Å². The lowest BCUT2D eigenvalue weighted by molar-refractivity contribution is 0.0963. The molecule has 0 saturated carbocycles. The molecule has 28 heavy (non-hydrogen) atoms. The standard InChI is InChI=1S/C21H35N5O.HI/c1-4-23-21(24-12-8-17-10-14-26(3)15-11-17)25-13-9-18-6-5-7-19(16-18)20(27)22-2;/h5-7,16-17H,4,8-15H2,1-3H3,(H,22,27)(H2,23,24,25);1H. The Bertz CT molecular complexity index is 615. The molecular weight excluding hydrogens is 465 g/mol. The second-order valence-corrected chi connectivity index (χ2v) is 7.25. The zero-order valence-electron chi connectivity index (χ0n) is 17.5. The maximum atomic E-state index is 11.7. The molecule has 7 heteroatoms. The minimum absolute atomic E-state index is 0. The second-order valence-electron chi connectivity index (χ2n) is 7.25. The Hall–Kier alpha value is -1.35. The first-order chi connectivity index (χ1) is 13.1. The zero-order chi connectivity index (χ0) is 19.5. The van der Waals surface area contributed by atoms with Crippen molar-refractivity contribution in [3.63, 3.8) is 0 Å². The zero-order valence-corrected chi connectivity index (χ0v) is 19.8. The van der Waals surface area contributed by atoms with E-state index in [-0.39, 0.29) is 29.9 Å². The van der Waals surface area contributed by atoms with Crippen molar-refractivity contribution < 1.29 is 4.79 Å².